The normalized spacial score (nSPS) is 9.75. The molecule has 0 radical (unpaired) electrons. The summed E-state index contributed by atoms with van der Waals surface area (Å²) in [5.41, 5.74) is 2.28. The van der Waals surface area contributed by atoms with Gasteiger partial charge < -0.3 is 0 Å². The largest absolute Gasteiger partial charge is 0.276 e. The third-order valence-electron chi connectivity index (χ3n) is 2.64. The van der Waals surface area contributed by atoms with Crippen LogP contribution < -0.4 is 11.3 Å². The SMILES string of the molecule is CC(C)(C)NN.Cl.O=C(Cl)c1c(F)cc(F)cc1F.O=C(Cl)c1ccccc1. The molecule has 4 nitrogen and oxygen atoms in total. The fourth-order valence-electron chi connectivity index (χ4n) is 1.30. The Morgan fingerprint density at radius 1 is 0.929 bits per heavy atom. The van der Waals surface area contributed by atoms with Crippen LogP contribution in [0.1, 0.15) is 41.5 Å². The van der Waals surface area contributed by atoms with Crippen LogP contribution in [0.25, 0.3) is 0 Å². The molecule has 156 valence electrons. The summed E-state index contributed by atoms with van der Waals surface area (Å²) in [5, 5.41) is -1.69. The molecule has 10 heteroatoms. The van der Waals surface area contributed by atoms with Gasteiger partial charge in [-0.25, -0.2) is 13.2 Å². The van der Waals surface area contributed by atoms with Crippen LogP contribution in [0, 0.1) is 17.5 Å². The number of halogens is 6. The summed E-state index contributed by atoms with van der Waals surface area (Å²) in [6.45, 7) is 6.02. The maximum Gasteiger partial charge on any atom is 0.258 e. The molecule has 0 aliphatic rings. The number of hydrogen-bond acceptors (Lipinski definition) is 4. The molecule has 0 aliphatic carbocycles. The van der Waals surface area contributed by atoms with E-state index in [1.165, 1.54) is 0 Å². The van der Waals surface area contributed by atoms with Gasteiger partial charge in [0.1, 0.15) is 23.0 Å². The van der Waals surface area contributed by atoms with Crippen LogP contribution in [0.4, 0.5) is 13.2 Å². The van der Waals surface area contributed by atoms with Crippen molar-refractivity contribution in [3.05, 3.63) is 71.0 Å². The molecule has 0 heterocycles. The first kappa shape index (κ1) is 28.6. The average Bonchev–Trinajstić information content (AvgIpc) is 2.55. The summed E-state index contributed by atoms with van der Waals surface area (Å²) in [7, 11) is 0. The van der Waals surface area contributed by atoms with Crippen molar-refractivity contribution in [3.63, 3.8) is 0 Å². The number of hydrogen-bond donors (Lipinski definition) is 2. The van der Waals surface area contributed by atoms with E-state index in [0.717, 1.165) is 0 Å². The van der Waals surface area contributed by atoms with Crippen molar-refractivity contribution in [1.29, 1.82) is 0 Å². The number of carbonyl (C=O) groups is 2. The minimum Gasteiger partial charge on any atom is -0.276 e. The van der Waals surface area contributed by atoms with Crippen LogP contribution in [0.15, 0.2) is 42.5 Å². The van der Waals surface area contributed by atoms with Crippen molar-refractivity contribution in [3.8, 4) is 0 Å². The molecule has 0 fully saturated rings. The Morgan fingerprint density at radius 2 is 1.32 bits per heavy atom. The van der Waals surface area contributed by atoms with Crippen LogP contribution in [-0.4, -0.2) is 16.0 Å². The smallest absolute Gasteiger partial charge is 0.258 e. The second-order valence-corrected chi connectivity index (χ2v) is 6.74. The number of nitrogens with two attached hydrogens (primary N) is 1. The number of benzene rings is 2. The number of rotatable bonds is 2. The van der Waals surface area contributed by atoms with Gasteiger partial charge in [-0.2, -0.15) is 0 Å². The lowest BCUT2D eigenvalue weighted by Crippen LogP contribution is -2.41. The highest BCUT2D eigenvalue weighted by Gasteiger charge is 2.16. The van der Waals surface area contributed by atoms with Gasteiger partial charge in [-0.3, -0.25) is 20.9 Å². The van der Waals surface area contributed by atoms with E-state index in [-0.39, 0.29) is 17.9 Å². The predicted octanol–water partition coefficient (Wildman–Crippen LogP) is 5.22. The Hall–Kier alpha value is -1.64. The lowest BCUT2D eigenvalue weighted by Gasteiger charge is -2.14. The van der Waals surface area contributed by atoms with Crippen molar-refractivity contribution in [2.75, 3.05) is 0 Å². The standard InChI is InChI=1S/C7H2ClF3O.C7H5ClO.C4H12N2.ClH/c8-7(12)6-4(10)1-3(9)2-5(6)11;8-7(9)6-4-2-1-3-5-6;1-4(2,3)6-5;/h1-2H;1-5H;6H,5H2,1-3H3;1H. The van der Waals surface area contributed by atoms with Gasteiger partial charge in [-0.1, -0.05) is 30.3 Å². The molecule has 2 rings (SSSR count). The summed E-state index contributed by atoms with van der Waals surface area (Å²) in [5.74, 6) is 1.37. The molecule has 2 aromatic carbocycles. The molecule has 0 amide bonds. The lowest BCUT2D eigenvalue weighted by molar-refractivity contribution is 0.106. The molecule has 2 aromatic rings. The quantitative estimate of drug-likeness (QED) is 0.367. The zero-order valence-electron chi connectivity index (χ0n) is 15.2. The van der Waals surface area contributed by atoms with Crippen molar-refractivity contribution in [2.45, 2.75) is 26.3 Å². The van der Waals surface area contributed by atoms with Crippen LogP contribution in [0.2, 0.25) is 0 Å². The Bertz CT molecular complexity index is 747. The Balaban J connectivity index is 0. The molecule has 0 bridgehead atoms. The van der Waals surface area contributed by atoms with Gasteiger partial charge >= 0.3 is 0 Å². The molecule has 0 aromatic heterocycles. The third-order valence-corrected chi connectivity index (χ3v) is 3.04. The van der Waals surface area contributed by atoms with Crippen LogP contribution in [-0.2, 0) is 0 Å². The van der Waals surface area contributed by atoms with Crippen LogP contribution in [0.3, 0.4) is 0 Å². The molecular weight excluding hydrogens is 440 g/mol. The summed E-state index contributed by atoms with van der Waals surface area (Å²) >= 11 is 9.99. The second kappa shape index (κ2) is 13.5. The third kappa shape index (κ3) is 11.9. The molecule has 0 unspecified atom stereocenters. The average molecular weight is 460 g/mol. The highest BCUT2D eigenvalue weighted by molar-refractivity contribution is 6.68. The van der Waals surface area contributed by atoms with Gasteiger partial charge in [0.05, 0.1) is 0 Å². The molecule has 0 saturated carbocycles. The number of nitrogens with one attached hydrogen (secondary N) is 1. The molecule has 0 aliphatic heterocycles. The van der Waals surface area contributed by atoms with Gasteiger partial charge in [0, 0.05) is 23.2 Å². The first-order valence-electron chi connectivity index (χ1n) is 7.46. The summed E-state index contributed by atoms with van der Waals surface area (Å²) in [6, 6.07) is 9.51. The monoisotopic (exact) mass is 458 g/mol. The van der Waals surface area contributed by atoms with E-state index in [9.17, 15) is 22.8 Å². The van der Waals surface area contributed by atoms with Crippen molar-refractivity contribution >= 4 is 46.1 Å². The summed E-state index contributed by atoms with van der Waals surface area (Å²) < 4.78 is 37.4. The Morgan fingerprint density at radius 3 is 1.57 bits per heavy atom. The second-order valence-electron chi connectivity index (χ2n) is 6.05. The van der Waals surface area contributed by atoms with Gasteiger partial charge in [-0.15, -0.1) is 12.4 Å². The first-order valence-corrected chi connectivity index (χ1v) is 8.21. The topological polar surface area (TPSA) is 72.2 Å². The minimum absolute atomic E-state index is 0. The van der Waals surface area contributed by atoms with Gasteiger partial charge in [0.15, 0.2) is 0 Å². The Kier molecular flexibility index (Phi) is 13.8. The maximum atomic E-state index is 12.6. The van der Waals surface area contributed by atoms with E-state index in [4.69, 9.17) is 29.0 Å². The van der Waals surface area contributed by atoms with Gasteiger partial charge in [-0.05, 0) is 44.0 Å². The van der Waals surface area contributed by atoms with E-state index in [1.54, 1.807) is 24.3 Å². The Labute approximate surface area is 177 Å². The first-order chi connectivity index (χ1) is 12.4. The van der Waals surface area contributed by atoms with E-state index in [2.05, 4.69) is 5.43 Å². The maximum absolute atomic E-state index is 12.6. The molecule has 3 N–H and O–H groups in total. The van der Waals surface area contributed by atoms with Crippen molar-refractivity contribution in [2.24, 2.45) is 5.84 Å². The lowest BCUT2D eigenvalue weighted by atomic mass is 10.1. The van der Waals surface area contributed by atoms with Crippen molar-refractivity contribution in [1.82, 2.24) is 5.43 Å². The van der Waals surface area contributed by atoms with Gasteiger partial charge in [0.2, 0.25) is 0 Å². The van der Waals surface area contributed by atoms with Crippen molar-refractivity contribution < 1.29 is 22.8 Å². The zero-order valence-corrected chi connectivity index (χ0v) is 17.6. The fraction of sp³-hybridized carbons (Fsp3) is 0.222. The van der Waals surface area contributed by atoms with E-state index < -0.39 is 33.5 Å². The van der Waals surface area contributed by atoms with Crippen LogP contribution >= 0.6 is 35.6 Å². The number of carbonyl (C=O) groups excluding carboxylic acids is 2. The summed E-state index contributed by atoms with van der Waals surface area (Å²) in [4.78, 5) is 20.8. The highest BCUT2D eigenvalue weighted by Crippen LogP contribution is 2.16. The molecule has 0 spiro atoms. The van der Waals surface area contributed by atoms with Crippen LogP contribution in [0.5, 0.6) is 0 Å². The predicted molar refractivity (Wildman–Crippen MR) is 107 cm³/mol. The minimum atomic E-state index is -1.30. The molecule has 28 heavy (non-hydrogen) atoms. The molecular formula is C18H20Cl3F3N2O2. The number of hydrazine groups is 1. The van der Waals surface area contributed by atoms with E-state index >= 15 is 0 Å². The van der Waals surface area contributed by atoms with E-state index in [0.29, 0.717) is 17.7 Å². The highest BCUT2D eigenvalue weighted by atomic mass is 35.5. The van der Waals surface area contributed by atoms with E-state index in [1.807, 2.05) is 26.8 Å². The zero-order chi connectivity index (χ0) is 21.2. The fourth-order valence-corrected chi connectivity index (χ4v) is 1.61. The molecule has 0 saturated heterocycles. The molecule has 0 atom stereocenters. The van der Waals surface area contributed by atoms with Gasteiger partial charge in [0.25, 0.3) is 10.5 Å². The summed E-state index contributed by atoms with van der Waals surface area (Å²) in [6.07, 6.45) is 0.